The van der Waals surface area contributed by atoms with E-state index in [1.165, 1.54) is 12.1 Å². The first-order chi connectivity index (χ1) is 11.0. The highest BCUT2D eigenvalue weighted by Crippen LogP contribution is 2.26. The van der Waals surface area contributed by atoms with Crippen molar-refractivity contribution in [3.05, 3.63) is 63.9 Å². The van der Waals surface area contributed by atoms with Crippen LogP contribution in [0.25, 0.3) is 0 Å². The zero-order chi connectivity index (χ0) is 16.8. The third-order valence-corrected chi connectivity index (χ3v) is 3.79. The van der Waals surface area contributed by atoms with Crippen molar-refractivity contribution in [1.29, 1.82) is 0 Å². The summed E-state index contributed by atoms with van der Waals surface area (Å²) in [4.78, 5) is 11.9. The van der Waals surface area contributed by atoms with Crippen molar-refractivity contribution in [2.75, 3.05) is 6.61 Å². The minimum absolute atomic E-state index is 0.0911. The third kappa shape index (κ3) is 5.12. The fourth-order valence-electron chi connectivity index (χ4n) is 2.06. The molecule has 0 saturated heterocycles. The van der Waals surface area contributed by atoms with Gasteiger partial charge in [0.1, 0.15) is 0 Å². The molecule has 1 amide bonds. The van der Waals surface area contributed by atoms with Crippen molar-refractivity contribution in [3.8, 4) is 5.75 Å². The molecule has 0 heterocycles. The molecule has 0 aromatic heterocycles. The maximum atomic E-state index is 13.4. The van der Waals surface area contributed by atoms with E-state index in [0.29, 0.717) is 10.0 Å². The molecule has 3 nitrogen and oxygen atoms in total. The Hall–Kier alpha value is -1.78. The Bertz CT molecular complexity index is 694. The molecule has 0 spiro atoms. The number of ether oxygens (including phenoxy) is 1. The van der Waals surface area contributed by atoms with Crippen LogP contribution in [0.1, 0.15) is 24.9 Å². The van der Waals surface area contributed by atoms with Gasteiger partial charge in [0, 0.05) is 10.0 Å². The van der Waals surface area contributed by atoms with Crippen molar-refractivity contribution in [1.82, 2.24) is 5.32 Å². The first-order valence-corrected chi connectivity index (χ1v) is 7.84. The van der Waals surface area contributed by atoms with Gasteiger partial charge in [-0.2, -0.15) is 0 Å². The minimum atomic E-state index is -0.450. The summed E-state index contributed by atoms with van der Waals surface area (Å²) in [5, 5.41) is 3.85. The van der Waals surface area contributed by atoms with Gasteiger partial charge < -0.3 is 10.1 Å². The second kappa shape index (κ2) is 8.18. The van der Waals surface area contributed by atoms with Gasteiger partial charge in [-0.25, -0.2) is 4.39 Å². The van der Waals surface area contributed by atoms with Crippen molar-refractivity contribution in [2.45, 2.75) is 19.4 Å². The zero-order valence-electron chi connectivity index (χ0n) is 12.5. The van der Waals surface area contributed by atoms with Gasteiger partial charge in [0.2, 0.25) is 5.91 Å². The van der Waals surface area contributed by atoms with Crippen LogP contribution in [0.4, 0.5) is 4.39 Å². The highest BCUT2D eigenvalue weighted by Gasteiger charge is 2.13. The number of amides is 1. The maximum absolute atomic E-state index is 13.4. The fourth-order valence-corrected chi connectivity index (χ4v) is 2.63. The van der Waals surface area contributed by atoms with Gasteiger partial charge in [0.15, 0.2) is 11.6 Å². The molecule has 1 atom stereocenters. The van der Waals surface area contributed by atoms with Gasteiger partial charge in [-0.15, -0.1) is 0 Å². The molecule has 0 fully saturated rings. The van der Waals surface area contributed by atoms with Gasteiger partial charge >= 0.3 is 0 Å². The van der Waals surface area contributed by atoms with E-state index in [1.807, 2.05) is 6.92 Å². The number of benzene rings is 2. The van der Waals surface area contributed by atoms with E-state index < -0.39 is 5.82 Å². The zero-order valence-corrected chi connectivity index (χ0v) is 14.0. The number of hydrogen-bond donors (Lipinski definition) is 1. The Morgan fingerprint density at radius 3 is 2.70 bits per heavy atom. The molecule has 2 rings (SSSR count). The standard InChI is InChI=1S/C17H16Cl2FNO2/c1-11(13-7-6-12(18)10-14(13)19)21-17(22)8-9-23-16-5-3-2-4-15(16)20/h2-7,10-11H,8-9H2,1H3,(H,21,22). The van der Waals surface area contributed by atoms with Crippen LogP contribution < -0.4 is 10.1 Å². The van der Waals surface area contributed by atoms with E-state index in [9.17, 15) is 9.18 Å². The van der Waals surface area contributed by atoms with Crippen LogP contribution in [0.3, 0.4) is 0 Å². The quantitative estimate of drug-likeness (QED) is 0.809. The predicted octanol–water partition coefficient (Wildman–Crippen LogP) is 4.78. The molecule has 1 N–H and O–H groups in total. The molecule has 2 aromatic rings. The fraction of sp³-hybridized carbons (Fsp3) is 0.235. The summed E-state index contributed by atoms with van der Waals surface area (Å²) >= 11 is 12.0. The highest BCUT2D eigenvalue weighted by molar-refractivity contribution is 6.35. The van der Waals surface area contributed by atoms with Crippen LogP contribution in [-0.2, 0) is 4.79 Å². The number of rotatable bonds is 6. The summed E-state index contributed by atoms with van der Waals surface area (Å²) in [6.07, 6.45) is 0.115. The predicted molar refractivity (Wildman–Crippen MR) is 89.5 cm³/mol. The molecule has 0 aliphatic rings. The SMILES string of the molecule is CC(NC(=O)CCOc1ccccc1F)c1ccc(Cl)cc1Cl. The van der Waals surface area contributed by atoms with E-state index in [1.54, 1.807) is 30.3 Å². The number of para-hydroxylation sites is 1. The molecule has 0 bridgehead atoms. The lowest BCUT2D eigenvalue weighted by molar-refractivity contribution is -0.122. The van der Waals surface area contributed by atoms with Crippen LogP contribution in [0.5, 0.6) is 5.75 Å². The summed E-state index contributed by atoms with van der Waals surface area (Å²) in [5.41, 5.74) is 0.777. The smallest absolute Gasteiger partial charge is 0.223 e. The number of halogens is 3. The average molecular weight is 356 g/mol. The molecule has 1 unspecified atom stereocenters. The Morgan fingerprint density at radius 1 is 1.26 bits per heavy atom. The molecule has 0 radical (unpaired) electrons. The molecule has 122 valence electrons. The normalized spacial score (nSPS) is 11.8. The average Bonchev–Trinajstić information content (AvgIpc) is 2.49. The lowest BCUT2D eigenvalue weighted by atomic mass is 10.1. The summed E-state index contributed by atoms with van der Waals surface area (Å²) in [7, 11) is 0. The largest absolute Gasteiger partial charge is 0.490 e. The van der Waals surface area contributed by atoms with Crippen molar-refractivity contribution >= 4 is 29.1 Å². The second-order valence-electron chi connectivity index (χ2n) is 4.98. The first-order valence-electron chi connectivity index (χ1n) is 7.09. The van der Waals surface area contributed by atoms with Crippen molar-refractivity contribution < 1.29 is 13.9 Å². The highest BCUT2D eigenvalue weighted by atomic mass is 35.5. The van der Waals surface area contributed by atoms with Gasteiger partial charge in [0.25, 0.3) is 0 Å². The van der Waals surface area contributed by atoms with E-state index in [4.69, 9.17) is 27.9 Å². The van der Waals surface area contributed by atoms with Gasteiger partial charge in [-0.3, -0.25) is 4.79 Å². The molecule has 2 aromatic carbocycles. The van der Waals surface area contributed by atoms with E-state index in [2.05, 4.69) is 5.32 Å². The van der Waals surface area contributed by atoms with Gasteiger partial charge in [-0.1, -0.05) is 41.4 Å². The topological polar surface area (TPSA) is 38.3 Å². The lowest BCUT2D eigenvalue weighted by Gasteiger charge is -2.16. The molecule has 23 heavy (non-hydrogen) atoms. The van der Waals surface area contributed by atoms with Crippen LogP contribution in [0.15, 0.2) is 42.5 Å². The van der Waals surface area contributed by atoms with Crippen LogP contribution in [0.2, 0.25) is 10.0 Å². The Kier molecular flexibility index (Phi) is 6.25. The summed E-state index contributed by atoms with van der Waals surface area (Å²) in [5.74, 6) is -0.525. The molecular weight excluding hydrogens is 340 g/mol. The summed E-state index contributed by atoms with van der Waals surface area (Å²) in [6.45, 7) is 1.92. The molecule has 0 aliphatic carbocycles. The molecular formula is C17H16Cl2FNO2. The van der Waals surface area contributed by atoms with E-state index in [-0.39, 0.29) is 30.7 Å². The number of carbonyl (C=O) groups is 1. The molecule has 0 aliphatic heterocycles. The van der Waals surface area contributed by atoms with Crippen LogP contribution in [0, 0.1) is 5.82 Å². The van der Waals surface area contributed by atoms with Gasteiger partial charge in [0.05, 0.1) is 19.1 Å². The van der Waals surface area contributed by atoms with E-state index in [0.717, 1.165) is 5.56 Å². The number of hydrogen-bond acceptors (Lipinski definition) is 2. The number of nitrogens with one attached hydrogen (secondary N) is 1. The minimum Gasteiger partial charge on any atom is -0.490 e. The van der Waals surface area contributed by atoms with Crippen LogP contribution in [-0.4, -0.2) is 12.5 Å². The number of carbonyl (C=O) groups excluding carboxylic acids is 1. The lowest BCUT2D eigenvalue weighted by Crippen LogP contribution is -2.28. The second-order valence-corrected chi connectivity index (χ2v) is 5.83. The van der Waals surface area contributed by atoms with E-state index >= 15 is 0 Å². The summed E-state index contributed by atoms with van der Waals surface area (Å²) in [6, 6.07) is 10.9. The molecule has 0 saturated carbocycles. The van der Waals surface area contributed by atoms with Crippen LogP contribution >= 0.6 is 23.2 Å². The maximum Gasteiger partial charge on any atom is 0.223 e. The third-order valence-electron chi connectivity index (χ3n) is 3.23. The first kappa shape index (κ1) is 17.6. The van der Waals surface area contributed by atoms with Gasteiger partial charge in [-0.05, 0) is 36.8 Å². The van der Waals surface area contributed by atoms with Crippen molar-refractivity contribution in [3.63, 3.8) is 0 Å². The monoisotopic (exact) mass is 355 g/mol. The van der Waals surface area contributed by atoms with Crippen molar-refractivity contribution in [2.24, 2.45) is 0 Å². The Labute approximate surface area is 144 Å². The summed E-state index contributed by atoms with van der Waals surface area (Å²) < 4.78 is 18.6. The Morgan fingerprint density at radius 2 is 2.00 bits per heavy atom. The molecule has 6 heteroatoms. The Balaban J connectivity index is 1.83.